The molecular formula is C13H22N2OS2. The number of hydrogen-bond acceptors (Lipinski definition) is 4. The Morgan fingerprint density at radius 3 is 2.89 bits per heavy atom. The molecule has 3 nitrogen and oxygen atoms in total. The maximum Gasteiger partial charge on any atom is 0.230 e. The van der Waals surface area contributed by atoms with Gasteiger partial charge in [0, 0.05) is 4.88 Å². The van der Waals surface area contributed by atoms with Crippen LogP contribution >= 0.6 is 23.1 Å². The van der Waals surface area contributed by atoms with Crippen LogP contribution in [0.15, 0.2) is 17.5 Å². The fourth-order valence-electron chi connectivity index (χ4n) is 1.60. The Labute approximate surface area is 118 Å². The quantitative estimate of drug-likeness (QED) is 0.722. The van der Waals surface area contributed by atoms with Gasteiger partial charge in [-0.15, -0.1) is 11.3 Å². The molecule has 0 bridgehead atoms. The van der Waals surface area contributed by atoms with Gasteiger partial charge in [-0.1, -0.05) is 19.9 Å². The molecule has 1 aromatic heterocycles. The summed E-state index contributed by atoms with van der Waals surface area (Å²) in [5.41, 5.74) is 5.42. The van der Waals surface area contributed by atoms with E-state index in [4.69, 9.17) is 5.73 Å². The van der Waals surface area contributed by atoms with Crippen molar-refractivity contribution in [1.29, 1.82) is 0 Å². The predicted octanol–water partition coefficient (Wildman–Crippen LogP) is 2.64. The molecule has 0 aliphatic rings. The number of carbonyl (C=O) groups is 1. The minimum Gasteiger partial charge on any atom is -0.348 e. The summed E-state index contributed by atoms with van der Waals surface area (Å²) in [4.78, 5) is 13.1. The highest BCUT2D eigenvalue weighted by Crippen LogP contribution is 2.25. The molecule has 1 unspecified atom stereocenters. The number of nitrogens with one attached hydrogen (secondary N) is 1. The van der Waals surface area contributed by atoms with Crippen molar-refractivity contribution >= 4 is 29.0 Å². The minimum atomic E-state index is 0.115. The standard InChI is InChI=1S/C13H22N2OS2/c1-10(2)13(11-5-3-8-18-11)15-12(16)9-17-7-4-6-14/h3,5,8,10,13H,4,6-7,9,14H2,1-2H3,(H,15,16). The second-order valence-corrected chi connectivity index (χ2v) is 6.58. The summed E-state index contributed by atoms with van der Waals surface area (Å²) >= 11 is 3.34. The van der Waals surface area contributed by atoms with Crippen molar-refractivity contribution in [3.8, 4) is 0 Å². The Morgan fingerprint density at radius 2 is 2.33 bits per heavy atom. The second kappa shape index (κ2) is 8.56. The molecular weight excluding hydrogens is 264 g/mol. The number of thioether (sulfide) groups is 1. The van der Waals surface area contributed by atoms with Crippen molar-refractivity contribution in [2.24, 2.45) is 11.7 Å². The van der Waals surface area contributed by atoms with Gasteiger partial charge in [0.2, 0.25) is 5.91 Å². The van der Waals surface area contributed by atoms with Gasteiger partial charge in [-0.2, -0.15) is 11.8 Å². The number of carbonyl (C=O) groups excluding carboxylic acids is 1. The van der Waals surface area contributed by atoms with Gasteiger partial charge in [0.1, 0.15) is 0 Å². The third-order valence-corrected chi connectivity index (χ3v) is 4.56. The van der Waals surface area contributed by atoms with Gasteiger partial charge in [-0.25, -0.2) is 0 Å². The van der Waals surface area contributed by atoms with Gasteiger partial charge in [-0.05, 0) is 36.1 Å². The molecule has 1 aromatic rings. The van der Waals surface area contributed by atoms with Crippen LogP contribution in [0.1, 0.15) is 31.2 Å². The fourth-order valence-corrected chi connectivity index (χ4v) is 3.33. The molecule has 0 spiro atoms. The van der Waals surface area contributed by atoms with Crippen LogP contribution in [0, 0.1) is 5.92 Å². The van der Waals surface area contributed by atoms with Crippen LogP contribution in [0.4, 0.5) is 0 Å². The molecule has 0 aliphatic carbocycles. The molecule has 0 aromatic carbocycles. The first-order valence-corrected chi connectivity index (χ1v) is 8.29. The van der Waals surface area contributed by atoms with Crippen molar-refractivity contribution in [2.75, 3.05) is 18.1 Å². The Morgan fingerprint density at radius 1 is 1.56 bits per heavy atom. The van der Waals surface area contributed by atoms with Crippen LogP contribution in [0.25, 0.3) is 0 Å². The third kappa shape index (κ3) is 5.42. The Bertz CT molecular complexity index is 339. The maximum atomic E-state index is 11.9. The molecule has 5 heteroatoms. The Balaban J connectivity index is 2.40. The molecule has 3 N–H and O–H groups in total. The minimum absolute atomic E-state index is 0.115. The molecule has 18 heavy (non-hydrogen) atoms. The summed E-state index contributed by atoms with van der Waals surface area (Å²) < 4.78 is 0. The molecule has 0 fully saturated rings. The number of rotatable bonds is 8. The number of amides is 1. The highest BCUT2D eigenvalue weighted by atomic mass is 32.2. The summed E-state index contributed by atoms with van der Waals surface area (Å²) in [5, 5.41) is 5.16. The smallest absolute Gasteiger partial charge is 0.230 e. The van der Waals surface area contributed by atoms with E-state index in [9.17, 15) is 4.79 Å². The first-order valence-electron chi connectivity index (χ1n) is 6.25. The molecule has 1 heterocycles. The highest BCUT2D eigenvalue weighted by molar-refractivity contribution is 7.99. The van der Waals surface area contributed by atoms with E-state index in [1.807, 2.05) is 11.4 Å². The maximum absolute atomic E-state index is 11.9. The lowest BCUT2D eigenvalue weighted by molar-refractivity contribution is -0.119. The lowest BCUT2D eigenvalue weighted by Gasteiger charge is -2.21. The second-order valence-electron chi connectivity index (χ2n) is 4.50. The zero-order chi connectivity index (χ0) is 13.4. The molecule has 1 amide bonds. The van der Waals surface area contributed by atoms with Crippen LogP contribution in [0.3, 0.4) is 0 Å². The van der Waals surface area contributed by atoms with Crippen molar-refractivity contribution in [3.05, 3.63) is 22.4 Å². The lowest BCUT2D eigenvalue weighted by atomic mass is 10.0. The molecule has 1 atom stereocenters. The monoisotopic (exact) mass is 286 g/mol. The highest BCUT2D eigenvalue weighted by Gasteiger charge is 2.18. The van der Waals surface area contributed by atoms with Crippen LogP contribution in [0.5, 0.6) is 0 Å². The molecule has 0 saturated carbocycles. The van der Waals surface area contributed by atoms with Crippen LogP contribution in [-0.4, -0.2) is 24.0 Å². The van der Waals surface area contributed by atoms with E-state index < -0.39 is 0 Å². The molecule has 0 radical (unpaired) electrons. The van der Waals surface area contributed by atoms with Crippen molar-refractivity contribution < 1.29 is 4.79 Å². The topological polar surface area (TPSA) is 55.1 Å². The molecule has 1 rings (SSSR count). The molecule has 102 valence electrons. The molecule has 0 aliphatic heterocycles. The first-order chi connectivity index (χ1) is 8.65. The average molecular weight is 286 g/mol. The fraction of sp³-hybridized carbons (Fsp3) is 0.615. The van der Waals surface area contributed by atoms with Gasteiger partial charge >= 0.3 is 0 Å². The van der Waals surface area contributed by atoms with E-state index in [2.05, 4.69) is 25.2 Å². The Kier molecular flexibility index (Phi) is 7.39. The van der Waals surface area contributed by atoms with Gasteiger partial charge in [0.05, 0.1) is 11.8 Å². The van der Waals surface area contributed by atoms with Crippen molar-refractivity contribution in [2.45, 2.75) is 26.3 Å². The van der Waals surface area contributed by atoms with Crippen LogP contribution in [0.2, 0.25) is 0 Å². The largest absolute Gasteiger partial charge is 0.348 e. The van der Waals surface area contributed by atoms with Gasteiger partial charge < -0.3 is 11.1 Å². The number of thiophene rings is 1. The SMILES string of the molecule is CC(C)C(NC(=O)CSCCCN)c1cccs1. The van der Waals surface area contributed by atoms with E-state index in [-0.39, 0.29) is 11.9 Å². The summed E-state index contributed by atoms with van der Waals surface area (Å²) in [5.74, 6) is 2.00. The van der Waals surface area contributed by atoms with E-state index in [0.29, 0.717) is 18.2 Å². The summed E-state index contributed by atoms with van der Waals surface area (Å²) in [7, 11) is 0. The van der Waals surface area contributed by atoms with Crippen molar-refractivity contribution in [1.82, 2.24) is 5.32 Å². The van der Waals surface area contributed by atoms with Gasteiger partial charge in [-0.3, -0.25) is 4.79 Å². The normalized spacial score (nSPS) is 12.7. The number of nitrogens with two attached hydrogens (primary N) is 1. The summed E-state index contributed by atoms with van der Waals surface area (Å²) in [6.45, 7) is 4.96. The first kappa shape index (κ1) is 15.5. The lowest BCUT2D eigenvalue weighted by Crippen LogP contribution is -2.32. The summed E-state index contributed by atoms with van der Waals surface area (Å²) in [6.07, 6.45) is 0.969. The van der Waals surface area contributed by atoms with E-state index >= 15 is 0 Å². The average Bonchev–Trinajstić information content (AvgIpc) is 2.85. The third-order valence-electron chi connectivity index (χ3n) is 2.56. The zero-order valence-electron chi connectivity index (χ0n) is 11.0. The Hall–Kier alpha value is -0.520. The van der Waals surface area contributed by atoms with Crippen LogP contribution in [-0.2, 0) is 4.79 Å². The molecule has 0 saturated heterocycles. The summed E-state index contributed by atoms with van der Waals surface area (Å²) in [6, 6.07) is 4.24. The zero-order valence-corrected chi connectivity index (χ0v) is 12.7. The van der Waals surface area contributed by atoms with Gasteiger partial charge in [0.15, 0.2) is 0 Å². The van der Waals surface area contributed by atoms with Crippen molar-refractivity contribution in [3.63, 3.8) is 0 Å². The van der Waals surface area contributed by atoms with E-state index in [0.717, 1.165) is 12.2 Å². The number of hydrogen-bond donors (Lipinski definition) is 2. The van der Waals surface area contributed by atoms with E-state index in [1.54, 1.807) is 23.1 Å². The van der Waals surface area contributed by atoms with Crippen LogP contribution < -0.4 is 11.1 Å². The predicted molar refractivity (Wildman–Crippen MR) is 81.0 cm³/mol. The van der Waals surface area contributed by atoms with Gasteiger partial charge in [0.25, 0.3) is 0 Å². The van der Waals surface area contributed by atoms with E-state index in [1.165, 1.54) is 4.88 Å².